The molecule has 0 aliphatic heterocycles. The van der Waals surface area contributed by atoms with Crippen LogP contribution in [0.15, 0.2) is 71.9 Å². The standard InChI is InChI=1S/C20H17Cl2N3O3S/c21-16-4-3-15(19(22)10-16)13-29(27,28)18-7-5-17(6-8-18)25-20(26)24-12-14-2-1-9-23-11-14/h1-11H,12-13H2,(H2,24,25,26). The summed E-state index contributed by atoms with van der Waals surface area (Å²) in [5.74, 6) is -0.249. The van der Waals surface area contributed by atoms with E-state index in [0.717, 1.165) is 5.56 Å². The summed E-state index contributed by atoms with van der Waals surface area (Å²) in [6.07, 6.45) is 3.31. The van der Waals surface area contributed by atoms with Crippen molar-refractivity contribution >= 4 is 44.8 Å². The largest absolute Gasteiger partial charge is 0.334 e. The lowest BCUT2D eigenvalue weighted by Gasteiger charge is -2.10. The van der Waals surface area contributed by atoms with Crippen LogP contribution in [-0.2, 0) is 22.1 Å². The van der Waals surface area contributed by atoms with Crippen molar-refractivity contribution < 1.29 is 13.2 Å². The summed E-state index contributed by atoms with van der Waals surface area (Å²) in [4.78, 5) is 16.1. The summed E-state index contributed by atoms with van der Waals surface area (Å²) in [6.45, 7) is 0.327. The topological polar surface area (TPSA) is 88.2 Å². The molecule has 0 aliphatic carbocycles. The molecule has 6 nitrogen and oxygen atoms in total. The number of nitrogens with one attached hydrogen (secondary N) is 2. The maximum Gasteiger partial charge on any atom is 0.319 e. The summed E-state index contributed by atoms with van der Waals surface area (Å²) in [6, 6.07) is 13.8. The number of rotatable bonds is 6. The fourth-order valence-corrected chi connectivity index (χ4v) is 4.47. The smallest absolute Gasteiger partial charge is 0.319 e. The molecule has 3 aromatic rings. The van der Waals surface area contributed by atoms with E-state index in [1.165, 1.54) is 30.3 Å². The molecule has 29 heavy (non-hydrogen) atoms. The van der Waals surface area contributed by atoms with E-state index < -0.39 is 15.9 Å². The molecule has 1 aromatic heterocycles. The first kappa shape index (κ1) is 21.1. The number of amides is 2. The van der Waals surface area contributed by atoms with Gasteiger partial charge in [-0.3, -0.25) is 4.98 Å². The Morgan fingerprint density at radius 2 is 1.79 bits per heavy atom. The number of sulfone groups is 1. The maximum atomic E-state index is 12.6. The fourth-order valence-electron chi connectivity index (χ4n) is 2.53. The lowest BCUT2D eigenvalue weighted by atomic mass is 10.2. The van der Waals surface area contributed by atoms with Crippen molar-refractivity contribution in [3.05, 3.63) is 88.2 Å². The molecule has 0 fully saturated rings. The van der Waals surface area contributed by atoms with Crippen molar-refractivity contribution in [1.82, 2.24) is 10.3 Å². The van der Waals surface area contributed by atoms with Gasteiger partial charge in [-0.05, 0) is 53.6 Å². The Bertz CT molecular complexity index is 1110. The van der Waals surface area contributed by atoms with Crippen LogP contribution in [0.3, 0.4) is 0 Å². The average molecular weight is 450 g/mol. The third-order valence-corrected chi connectivity index (χ3v) is 6.28. The van der Waals surface area contributed by atoms with Gasteiger partial charge in [0.05, 0.1) is 10.6 Å². The maximum absolute atomic E-state index is 12.6. The van der Waals surface area contributed by atoms with Crippen LogP contribution in [0, 0.1) is 0 Å². The first-order chi connectivity index (χ1) is 13.8. The highest BCUT2D eigenvalue weighted by Gasteiger charge is 2.17. The number of halogens is 2. The van der Waals surface area contributed by atoms with E-state index in [2.05, 4.69) is 15.6 Å². The van der Waals surface area contributed by atoms with Crippen LogP contribution in [0.1, 0.15) is 11.1 Å². The van der Waals surface area contributed by atoms with Gasteiger partial charge in [-0.2, -0.15) is 0 Å². The number of carbonyl (C=O) groups excluding carboxylic acids is 1. The Hall–Kier alpha value is -2.61. The molecular weight excluding hydrogens is 433 g/mol. The number of nitrogens with zero attached hydrogens (tertiary/aromatic N) is 1. The molecule has 2 aromatic carbocycles. The van der Waals surface area contributed by atoms with Crippen molar-refractivity contribution in [2.24, 2.45) is 0 Å². The molecule has 0 bridgehead atoms. The van der Waals surface area contributed by atoms with Gasteiger partial charge in [0.25, 0.3) is 0 Å². The zero-order valence-corrected chi connectivity index (χ0v) is 17.4. The van der Waals surface area contributed by atoms with Gasteiger partial charge in [-0.1, -0.05) is 35.3 Å². The van der Waals surface area contributed by atoms with E-state index in [9.17, 15) is 13.2 Å². The first-order valence-electron chi connectivity index (χ1n) is 8.54. The van der Waals surface area contributed by atoms with Gasteiger partial charge in [0.1, 0.15) is 0 Å². The predicted octanol–water partition coefficient (Wildman–Crippen LogP) is 4.68. The molecule has 0 atom stereocenters. The van der Waals surface area contributed by atoms with Crippen molar-refractivity contribution in [1.29, 1.82) is 0 Å². The number of carbonyl (C=O) groups is 1. The Labute approximate surface area is 178 Å². The highest BCUT2D eigenvalue weighted by molar-refractivity contribution is 7.90. The zero-order chi connectivity index (χ0) is 20.9. The van der Waals surface area contributed by atoms with Gasteiger partial charge in [-0.25, -0.2) is 13.2 Å². The molecule has 0 aliphatic rings. The Kier molecular flexibility index (Phi) is 6.74. The minimum atomic E-state index is -3.60. The fraction of sp³-hybridized carbons (Fsp3) is 0.100. The van der Waals surface area contributed by atoms with Crippen LogP contribution in [0.25, 0.3) is 0 Å². The zero-order valence-electron chi connectivity index (χ0n) is 15.1. The van der Waals surface area contributed by atoms with Crippen LogP contribution in [0.2, 0.25) is 10.0 Å². The lowest BCUT2D eigenvalue weighted by Crippen LogP contribution is -2.28. The molecule has 2 amide bonds. The minimum absolute atomic E-state index is 0.129. The third kappa shape index (κ3) is 5.93. The molecule has 3 rings (SSSR count). The summed E-state index contributed by atoms with van der Waals surface area (Å²) in [5.41, 5.74) is 1.80. The van der Waals surface area contributed by atoms with Crippen LogP contribution < -0.4 is 10.6 Å². The van der Waals surface area contributed by atoms with Crippen LogP contribution in [0.4, 0.5) is 10.5 Å². The molecule has 2 N–H and O–H groups in total. The monoisotopic (exact) mass is 449 g/mol. The number of pyridine rings is 1. The van der Waals surface area contributed by atoms with E-state index in [4.69, 9.17) is 23.2 Å². The van der Waals surface area contributed by atoms with Gasteiger partial charge < -0.3 is 10.6 Å². The van der Waals surface area contributed by atoms with Gasteiger partial charge >= 0.3 is 6.03 Å². The molecule has 0 saturated heterocycles. The predicted molar refractivity (Wildman–Crippen MR) is 114 cm³/mol. The number of hydrogen-bond donors (Lipinski definition) is 2. The van der Waals surface area contributed by atoms with Gasteiger partial charge in [-0.15, -0.1) is 0 Å². The molecule has 9 heteroatoms. The van der Waals surface area contributed by atoms with Crippen LogP contribution >= 0.6 is 23.2 Å². The van der Waals surface area contributed by atoms with E-state index >= 15 is 0 Å². The van der Waals surface area contributed by atoms with E-state index in [1.54, 1.807) is 30.6 Å². The molecule has 150 valence electrons. The van der Waals surface area contributed by atoms with Crippen LogP contribution in [0.5, 0.6) is 0 Å². The number of benzene rings is 2. The van der Waals surface area contributed by atoms with Gasteiger partial charge in [0.15, 0.2) is 9.84 Å². The number of anilines is 1. The summed E-state index contributed by atoms with van der Waals surface area (Å²) >= 11 is 11.9. The average Bonchev–Trinajstić information content (AvgIpc) is 2.70. The quantitative estimate of drug-likeness (QED) is 0.571. The van der Waals surface area contributed by atoms with Crippen molar-refractivity contribution in [3.8, 4) is 0 Å². The van der Waals surface area contributed by atoms with E-state index in [1.807, 2.05) is 6.07 Å². The van der Waals surface area contributed by atoms with E-state index in [-0.39, 0.29) is 10.6 Å². The third-order valence-electron chi connectivity index (χ3n) is 4.01. The van der Waals surface area contributed by atoms with Crippen molar-refractivity contribution in [2.45, 2.75) is 17.2 Å². The molecule has 1 heterocycles. The molecule has 0 radical (unpaired) electrons. The lowest BCUT2D eigenvalue weighted by molar-refractivity contribution is 0.251. The summed E-state index contributed by atoms with van der Waals surface area (Å²) < 4.78 is 25.3. The first-order valence-corrected chi connectivity index (χ1v) is 10.9. The number of hydrogen-bond acceptors (Lipinski definition) is 4. The second-order valence-corrected chi connectivity index (χ2v) is 9.02. The van der Waals surface area contributed by atoms with Gasteiger partial charge in [0.2, 0.25) is 0 Å². The number of urea groups is 1. The Morgan fingerprint density at radius 3 is 2.45 bits per heavy atom. The molecular formula is C20H17Cl2N3O3S. The second kappa shape index (κ2) is 9.26. The number of aromatic nitrogens is 1. The summed E-state index contributed by atoms with van der Waals surface area (Å²) in [7, 11) is -3.60. The Morgan fingerprint density at radius 1 is 1.03 bits per heavy atom. The SMILES string of the molecule is O=C(NCc1cccnc1)Nc1ccc(S(=O)(=O)Cc2ccc(Cl)cc2Cl)cc1. The van der Waals surface area contributed by atoms with E-state index in [0.29, 0.717) is 27.8 Å². The minimum Gasteiger partial charge on any atom is -0.334 e. The van der Waals surface area contributed by atoms with Crippen molar-refractivity contribution in [3.63, 3.8) is 0 Å². The second-order valence-electron chi connectivity index (χ2n) is 6.19. The molecule has 0 unspecified atom stereocenters. The summed E-state index contributed by atoms with van der Waals surface area (Å²) in [5, 5.41) is 6.09. The highest BCUT2D eigenvalue weighted by atomic mass is 35.5. The highest BCUT2D eigenvalue weighted by Crippen LogP contribution is 2.25. The van der Waals surface area contributed by atoms with Crippen LogP contribution in [-0.4, -0.2) is 19.4 Å². The molecule has 0 saturated carbocycles. The van der Waals surface area contributed by atoms with Crippen molar-refractivity contribution in [2.75, 3.05) is 5.32 Å². The molecule has 0 spiro atoms. The Balaban J connectivity index is 1.62. The normalized spacial score (nSPS) is 11.1. The van der Waals surface area contributed by atoms with Gasteiger partial charge in [0, 0.05) is 34.7 Å².